The third-order valence-electron chi connectivity index (χ3n) is 3.42. The van der Waals surface area contributed by atoms with E-state index in [4.69, 9.17) is 21.1 Å². The van der Waals surface area contributed by atoms with Gasteiger partial charge in [-0.25, -0.2) is 4.79 Å². The minimum absolute atomic E-state index is 0.277. The van der Waals surface area contributed by atoms with E-state index in [1.807, 2.05) is 30.3 Å². The van der Waals surface area contributed by atoms with Gasteiger partial charge in [-0.3, -0.25) is 0 Å². The van der Waals surface area contributed by atoms with E-state index in [2.05, 4.69) is 4.98 Å². The number of carbonyl (C=O) groups excluding carboxylic acids is 1. The summed E-state index contributed by atoms with van der Waals surface area (Å²) in [6, 6.07) is 12.8. The van der Waals surface area contributed by atoms with Gasteiger partial charge < -0.3 is 14.5 Å². The first-order valence-corrected chi connectivity index (χ1v) is 7.12. The monoisotopic (exact) mass is 315 g/mol. The van der Waals surface area contributed by atoms with Gasteiger partial charge in [0.15, 0.2) is 0 Å². The SMILES string of the molecule is COC(=O)c1ccccc1COc1ccc2[nH]cc(Cl)c2c1. The van der Waals surface area contributed by atoms with Gasteiger partial charge in [-0.2, -0.15) is 0 Å². The van der Waals surface area contributed by atoms with Crippen molar-refractivity contribution in [1.82, 2.24) is 4.98 Å². The van der Waals surface area contributed by atoms with Gasteiger partial charge in [0.1, 0.15) is 12.4 Å². The molecule has 1 aromatic heterocycles. The van der Waals surface area contributed by atoms with Crippen LogP contribution >= 0.6 is 11.6 Å². The summed E-state index contributed by atoms with van der Waals surface area (Å²) in [5.41, 5.74) is 2.23. The second kappa shape index (κ2) is 6.12. The first kappa shape index (κ1) is 14.5. The lowest BCUT2D eigenvalue weighted by Gasteiger charge is -2.10. The number of rotatable bonds is 4. The summed E-state index contributed by atoms with van der Waals surface area (Å²) < 4.78 is 10.6. The fourth-order valence-corrected chi connectivity index (χ4v) is 2.48. The fourth-order valence-electron chi connectivity index (χ4n) is 2.27. The van der Waals surface area contributed by atoms with Crippen molar-refractivity contribution >= 4 is 28.5 Å². The Morgan fingerprint density at radius 2 is 2.05 bits per heavy atom. The van der Waals surface area contributed by atoms with Crippen molar-refractivity contribution in [2.45, 2.75) is 6.61 Å². The molecule has 1 heterocycles. The van der Waals surface area contributed by atoms with E-state index in [1.54, 1.807) is 18.3 Å². The molecule has 0 fully saturated rings. The summed E-state index contributed by atoms with van der Waals surface area (Å²) in [7, 11) is 1.36. The van der Waals surface area contributed by atoms with Crippen molar-refractivity contribution in [3.8, 4) is 5.75 Å². The van der Waals surface area contributed by atoms with E-state index >= 15 is 0 Å². The zero-order valence-corrected chi connectivity index (χ0v) is 12.7. The first-order valence-electron chi connectivity index (χ1n) is 6.74. The normalized spacial score (nSPS) is 10.6. The second-order valence-electron chi connectivity index (χ2n) is 4.78. The van der Waals surface area contributed by atoms with Crippen LogP contribution in [0.2, 0.25) is 5.02 Å². The number of ether oxygens (including phenoxy) is 2. The standard InChI is InChI=1S/C17H14ClNO3/c1-21-17(20)13-5-3-2-4-11(13)10-22-12-6-7-16-14(8-12)15(18)9-19-16/h2-9,19H,10H2,1H3. The molecule has 0 saturated carbocycles. The molecule has 0 radical (unpaired) electrons. The Bertz CT molecular complexity index is 826. The number of hydrogen-bond acceptors (Lipinski definition) is 3. The average Bonchev–Trinajstić information content (AvgIpc) is 2.93. The highest BCUT2D eigenvalue weighted by molar-refractivity contribution is 6.35. The lowest BCUT2D eigenvalue weighted by atomic mass is 10.1. The Morgan fingerprint density at radius 3 is 2.86 bits per heavy atom. The van der Waals surface area contributed by atoms with Crippen LogP contribution in [0.5, 0.6) is 5.75 Å². The Kier molecular flexibility index (Phi) is 4.02. The molecule has 3 rings (SSSR count). The molecule has 0 bridgehead atoms. The largest absolute Gasteiger partial charge is 0.489 e. The van der Waals surface area contributed by atoms with Crippen molar-refractivity contribution in [1.29, 1.82) is 0 Å². The van der Waals surface area contributed by atoms with Gasteiger partial charge in [0.2, 0.25) is 0 Å². The number of fused-ring (bicyclic) bond motifs is 1. The number of carbonyl (C=O) groups is 1. The number of aromatic amines is 1. The fraction of sp³-hybridized carbons (Fsp3) is 0.118. The van der Waals surface area contributed by atoms with Crippen LogP contribution in [0.15, 0.2) is 48.7 Å². The van der Waals surface area contributed by atoms with Crippen molar-refractivity contribution in [3.63, 3.8) is 0 Å². The Labute approximate surface area is 132 Å². The minimum Gasteiger partial charge on any atom is -0.489 e. The molecule has 0 aliphatic carbocycles. The number of nitrogens with one attached hydrogen (secondary N) is 1. The third kappa shape index (κ3) is 2.78. The molecule has 0 atom stereocenters. The summed E-state index contributed by atoms with van der Waals surface area (Å²) in [6.07, 6.45) is 1.74. The maximum atomic E-state index is 11.7. The topological polar surface area (TPSA) is 51.3 Å². The van der Waals surface area contributed by atoms with Gasteiger partial charge in [-0.05, 0) is 24.3 Å². The van der Waals surface area contributed by atoms with Gasteiger partial charge in [0.25, 0.3) is 0 Å². The predicted molar refractivity (Wildman–Crippen MR) is 85.4 cm³/mol. The van der Waals surface area contributed by atoms with Crippen LogP contribution in [0.25, 0.3) is 10.9 Å². The average molecular weight is 316 g/mol. The molecular weight excluding hydrogens is 302 g/mol. The Balaban J connectivity index is 1.82. The summed E-state index contributed by atoms with van der Waals surface area (Å²) >= 11 is 6.10. The molecule has 1 N–H and O–H groups in total. The van der Waals surface area contributed by atoms with E-state index in [-0.39, 0.29) is 12.6 Å². The highest BCUT2D eigenvalue weighted by Gasteiger charge is 2.11. The van der Waals surface area contributed by atoms with Crippen LogP contribution < -0.4 is 4.74 Å². The van der Waals surface area contributed by atoms with Gasteiger partial charge in [0, 0.05) is 22.7 Å². The lowest BCUT2D eigenvalue weighted by molar-refractivity contribution is 0.0597. The van der Waals surface area contributed by atoms with E-state index in [1.165, 1.54) is 7.11 Å². The molecule has 0 aliphatic rings. The maximum absolute atomic E-state index is 11.7. The number of hydrogen-bond donors (Lipinski definition) is 1. The van der Waals surface area contributed by atoms with Crippen molar-refractivity contribution in [3.05, 3.63) is 64.8 Å². The molecule has 3 aromatic rings. The molecule has 0 amide bonds. The van der Waals surface area contributed by atoms with E-state index in [0.717, 1.165) is 16.5 Å². The number of methoxy groups -OCH3 is 1. The summed E-state index contributed by atoms with van der Waals surface area (Å²) in [5, 5.41) is 1.55. The number of aromatic nitrogens is 1. The molecule has 5 heteroatoms. The molecule has 2 aromatic carbocycles. The second-order valence-corrected chi connectivity index (χ2v) is 5.19. The smallest absolute Gasteiger partial charge is 0.338 e. The van der Waals surface area contributed by atoms with Gasteiger partial charge in [0.05, 0.1) is 17.7 Å². The first-order chi connectivity index (χ1) is 10.7. The van der Waals surface area contributed by atoms with Gasteiger partial charge >= 0.3 is 5.97 Å². The van der Waals surface area contributed by atoms with Crippen LogP contribution in [0, 0.1) is 0 Å². The van der Waals surface area contributed by atoms with Crippen molar-refractivity contribution in [2.24, 2.45) is 0 Å². The number of halogens is 1. The molecule has 0 spiro atoms. The van der Waals surface area contributed by atoms with Crippen LogP contribution in [-0.2, 0) is 11.3 Å². The summed E-state index contributed by atoms with van der Waals surface area (Å²) in [4.78, 5) is 14.8. The Morgan fingerprint density at radius 1 is 1.23 bits per heavy atom. The van der Waals surface area contributed by atoms with Gasteiger partial charge in [-0.1, -0.05) is 29.8 Å². The maximum Gasteiger partial charge on any atom is 0.338 e. The summed E-state index contributed by atoms with van der Waals surface area (Å²) in [6.45, 7) is 0.277. The lowest BCUT2D eigenvalue weighted by Crippen LogP contribution is -2.07. The van der Waals surface area contributed by atoms with Crippen molar-refractivity contribution < 1.29 is 14.3 Å². The zero-order chi connectivity index (χ0) is 15.5. The third-order valence-corrected chi connectivity index (χ3v) is 3.73. The molecule has 112 valence electrons. The minimum atomic E-state index is -0.372. The zero-order valence-electron chi connectivity index (χ0n) is 11.9. The molecule has 0 saturated heterocycles. The van der Waals surface area contributed by atoms with E-state index in [0.29, 0.717) is 16.3 Å². The molecular formula is C17H14ClNO3. The quantitative estimate of drug-likeness (QED) is 0.735. The van der Waals surface area contributed by atoms with Crippen LogP contribution in [0.1, 0.15) is 15.9 Å². The molecule has 22 heavy (non-hydrogen) atoms. The molecule has 4 nitrogen and oxygen atoms in total. The number of benzene rings is 2. The van der Waals surface area contributed by atoms with Crippen LogP contribution in [-0.4, -0.2) is 18.1 Å². The number of H-pyrrole nitrogens is 1. The number of esters is 1. The van der Waals surface area contributed by atoms with Gasteiger partial charge in [-0.15, -0.1) is 0 Å². The highest BCUT2D eigenvalue weighted by Crippen LogP contribution is 2.27. The predicted octanol–water partition coefficient (Wildman–Crippen LogP) is 4.19. The highest BCUT2D eigenvalue weighted by atomic mass is 35.5. The van der Waals surface area contributed by atoms with Crippen LogP contribution in [0.3, 0.4) is 0 Å². The van der Waals surface area contributed by atoms with Crippen molar-refractivity contribution in [2.75, 3.05) is 7.11 Å². The molecule has 0 unspecified atom stereocenters. The molecule has 0 aliphatic heterocycles. The van der Waals surface area contributed by atoms with Crippen LogP contribution in [0.4, 0.5) is 0 Å². The Hall–Kier alpha value is -2.46. The van der Waals surface area contributed by atoms with E-state index in [9.17, 15) is 4.79 Å². The van der Waals surface area contributed by atoms with E-state index < -0.39 is 0 Å². The summed E-state index contributed by atoms with van der Waals surface area (Å²) in [5.74, 6) is 0.317.